The van der Waals surface area contributed by atoms with Crippen LogP contribution in [0.2, 0.25) is 0 Å². The first kappa shape index (κ1) is 19.9. The summed E-state index contributed by atoms with van der Waals surface area (Å²) in [5, 5.41) is 10.3. The van der Waals surface area contributed by atoms with Crippen LogP contribution in [-0.4, -0.2) is 53.2 Å². The van der Waals surface area contributed by atoms with Crippen molar-refractivity contribution in [1.82, 2.24) is 25.7 Å². The Kier molecular flexibility index (Phi) is 6.87. The summed E-state index contributed by atoms with van der Waals surface area (Å²) in [5.74, 6) is 2.28. The Bertz CT molecular complexity index is 714. The molecule has 0 bridgehead atoms. The van der Waals surface area contributed by atoms with Crippen LogP contribution in [0, 0.1) is 5.92 Å². The molecule has 2 N–H and O–H groups in total. The van der Waals surface area contributed by atoms with E-state index in [2.05, 4.69) is 25.7 Å². The third-order valence-electron chi connectivity index (χ3n) is 5.11. The maximum atomic E-state index is 12.1. The number of carbonyl (C=O) groups excluding carboxylic acids is 1. The van der Waals surface area contributed by atoms with Crippen LogP contribution in [0.25, 0.3) is 11.6 Å². The Morgan fingerprint density at radius 2 is 2.30 bits per heavy atom. The average molecular weight is 396 g/mol. The van der Waals surface area contributed by atoms with Gasteiger partial charge in [-0.1, -0.05) is 5.16 Å². The van der Waals surface area contributed by atoms with Gasteiger partial charge in [-0.3, -0.25) is 9.69 Å². The molecule has 148 valence electrons. The molecule has 0 aliphatic carbocycles. The second-order valence-corrected chi connectivity index (χ2v) is 7.13. The second kappa shape index (κ2) is 9.34. The minimum atomic E-state index is -0.00638. The fraction of sp³-hybridized carbons (Fsp3) is 0.611. The zero-order chi connectivity index (χ0) is 17.8. The third kappa shape index (κ3) is 5.09. The van der Waals surface area contributed by atoms with Crippen molar-refractivity contribution in [3.63, 3.8) is 0 Å². The van der Waals surface area contributed by atoms with Crippen LogP contribution < -0.4 is 10.6 Å². The molecule has 4 rings (SSSR count). The second-order valence-electron chi connectivity index (χ2n) is 7.13. The lowest BCUT2D eigenvalue weighted by Gasteiger charge is -2.32. The third-order valence-corrected chi connectivity index (χ3v) is 5.11. The Hall–Kier alpha value is -1.90. The van der Waals surface area contributed by atoms with E-state index in [0.29, 0.717) is 29.9 Å². The molecular formula is C18H26ClN5O3. The highest BCUT2D eigenvalue weighted by Crippen LogP contribution is 2.20. The van der Waals surface area contributed by atoms with Gasteiger partial charge in [-0.15, -0.1) is 12.4 Å². The number of nitrogens with zero attached hydrogens (tertiary/aromatic N) is 3. The average Bonchev–Trinajstić information content (AvgIpc) is 3.41. The summed E-state index contributed by atoms with van der Waals surface area (Å²) in [6.07, 6.45) is 5.87. The molecule has 2 fully saturated rings. The van der Waals surface area contributed by atoms with Crippen LogP contribution in [0.3, 0.4) is 0 Å². The highest BCUT2D eigenvalue weighted by atomic mass is 35.5. The fourth-order valence-corrected chi connectivity index (χ4v) is 3.75. The van der Waals surface area contributed by atoms with Crippen molar-refractivity contribution in [2.75, 3.05) is 26.2 Å². The molecule has 4 heterocycles. The lowest BCUT2D eigenvalue weighted by molar-refractivity contribution is -0.123. The van der Waals surface area contributed by atoms with Crippen LogP contribution in [-0.2, 0) is 11.3 Å². The van der Waals surface area contributed by atoms with E-state index in [1.165, 1.54) is 0 Å². The molecular weight excluding hydrogens is 370 g/mol. The van der Waals surface area contributed by atoms with E-state index in [-0.39, 0.29) is 24.4 Å². The van der Waals surface area contributed by atoms with Crippen molar-refractivity contribution < 1.29 is 13.7 Å². The number of rotatable bonds is 6. The van der Waals surface area contributed by atoms with Gasteiger partial charge in [0.2, 0.25) is 17.6 Å². The van der Waals surface area contributed by atoms with Gasteiger partial charge in [0.25, 0.3) is 0 Å². The molecule has 9 heteroatoms. The van der Waals surface area contributed by atoms with Crippen molar-refractivity contribution >= 4 is 18.3 Å². The van der Waals surface area contributed by atoms with Crippen molar-refractivity contribution in [3.8, 4) is 11.6 Å². The summed E-state index contributed by atoms with van der Waals surface area (Å²) >= 11 is 0. The Balaban J connectivity index is 0.00000210. The van der Waals surface area contributed by atoms with Crippen molar-refractivity contribution in [2.24, 2.45) is 5.92 Å². The van der Waals surface area contributed by atoms with Crippen LogP contribution >= 0.6 is 12.4 Å². The van der Waals surface area contributed by atoms with Crippen LogP contribution in [0.1, 0.15) is 31.6 Å². The SMILES string of the molecule is Cl.O=C(NCC1CCCN(Cc2nc(-c3ccco3)no2)C1)C1CCCN1. The minimum Gasteiger partial charge on any atom is -0.461 e. The van der Waals surface area contributed by atoms with Crippen LogP contribution in [0.4, 0.5) is 0 Å². The largest absolute Gasteiger partial charge is 0.461 e. The number of aromatic nitrogens is 2. The fourth-order valence-electron chi connectivity index (χ4n) is 3.75. The summed E-state index contributed by atoms with van der Waals surface area (Å²) in [5.41, 5.74) is 0. The van der Waals surface area contributed by atoms with E-state index in [4.69, 9.17) is 8.94 Å². The maximum absolute atomic E-state index is 12.1. The van der Waals surface area contributed by atoms with Crippen LogP contribution in [0.5, 0.6) is 0 Å². The lowest BCUT2D eigenvalue weighted by atomic mass is 9.98. The molecule has 0 spiro atoms. The zero-order valence-corrected chi connectivity index (χ0v) is 16.0. The number of halogens is 1. The number of hydrogen-bond donors (Lipinski definition) is 2. The van der Waals surface area contributed by atoms with E-state index < -0.39 is 0 Å². The number of hydrogen-bond acceptors (Lipinski definition) is 7. The number of piperidine rings is 1. The van der Waals surface area contributed by atoms with Crippen LogP contribution in [0.15, 0.2) is 27.3 Å². The minimum absolute atomic E-state index is 0. The number of likely N-dealkylation sites (tertiary alicyclic amines) is 1. The van der Waals surface area contributed by atoms with Gasteiger partial charge in [0.05, 0.1) is 18.8 Å². The van der Waals surface area contributed by atoms with Gasteiger partial charge < -0.3 is 19.6 Å². The summed E-state index contributed by atoms with van der Waals surface area (Å²) in [6.45, 7) is 4.24. The predicted molar refractivity (Wildman–Crippen MR) is 101 cm³/mol. The molecule has 0 saturated carbocycles. The Morgan fingerprint density at radius 1 is 1.37 bits per heavy atom. The molecule has 0 aromatic carbocycles. The molecule has 0 radical (unpaired) electrons. The quantitative estimate of drug-likeness (QED) is 0.770. The van der Waals surface area contributed by atoms with Crippen molar-refractivity contribution in [1.29, 1.82) is 0 Å². The lowest BCUT2D eigenvalue weighted by Crippen LogP contribution is -2.45. The number of nitrogens with one attached hydrogen (secondary N) is 2. The number of carbonyl (C=O) groups is 1. The molecule has 2 aromatic heterocycles. The highest BCUT2D eigenvalue weighted by molar-refractivity contribution is 5.85. The molecule has 2 aromatic rings. The van der Waals surface area contributed by atoms with E-state index in [1.807, 2.05) is 6.07 Å². The van der Waals surface area contributed by atoms with Gasteiger partial charge in [0.1, 0.15) is 0 Å². The first-order valence-corrected chi connectivity index (χ1v) is 9.38. The summed E-state index contributed by atoms with van der Waals surface area (Å²) in [7, 11) is 0. The molecule has 2 aliphatic rings. The zero-order valence-electron chi connectivity index (χ0n) is 15.2. The molecule has 2 unspecified atom stereocenters. The van der Waals surface area contributed by atoms with Gasteiger partial charge in [0, 0.05) is 13.1 Å². The molecule has 2 aliphatic heterocycles. The standard InChI is InChI=1S/C18H25N5O3.ClH/c24-18(14-5-1-7-19-14)20-10-13-4-2-8-23(11-13)12-16-21-17(22-26-16)15-6-3-9-25-15;/h3,6,9,13-14,19H,1-2,4-5,7-8,10-12H2,(H,20,24);1H. The van der Waals surface area contributed by atoms with Gasteiger partial charge in [-0.2, -0.15) is 4.98 Å². The summed E-state index contributed by atoms with van der Waals surface area (Å²) < 4.78 is 10.6. The summed E-state index contributed by atoms with van der Waals surface area (Å²) in [4.78, 5) is 18.9. The van der Waals surface area contributed by atoms with Crippen molar-refractivity contribution in [2.45, 2.75) is 38.3 Å². The molecule has 2 saturated heterocycles. The smallest absolute Gasteiger partial charge is 0.241 e. The van der Waals surface area contributed by atoms with Gasteiger partial charge in [-0.25, -0.2) is 0 Å². The Morgan fingerprint density at radius 3 is 3.07 bits per heavy atom. The van der Waals surface area contributed by atoms with Gasteiger partial charge in [0.15, 0.2) is 5.76 Å². The van der Waals surface area contributed by atoms with Crippen molar-refractivity contribution in [3.05, 3.63) is 24.3 Å². The molecule has 2 atom stereocenters. The molecule has 27 heavy (non-hydrogen) atoms. The van der Waals surface area contributed by atoms with E-state index >= 15 is 0 Å². The topological polar surface area (TPSA) is 96.4 Å². The van der Waals surface area contributed by atoms with E-state index in [9.17, 15) is 4.79 Å². The number of furan rings is 1. The predicted octanol–water partition coefficient (Wildman–Crippen LogP) is 1.83. The first-order valence-electron chi connectivity index (χ1n) is 9.38. The first-order chi connectivity index (χ1) is 12.8. The number of amides is 1. The molecule has 8 nitrogen and oxygen atoms in total. The Labute approximate surface area is 164 Å². The van der Waals surface area contributed by atoms with Gasteiger partial charge >= 0.3 is 0 Å². The summed E-state index contributed by atoms with van der Waals surface area (Å²) in [6, 6.07) is 3.61. The van der Waals surface area contributed by atoms with E-state index in [1.54, 1.807) is 12.3 Å². The normalized spacial score (nSPS) is 23.1. The molecule has 1 amide bonds. The van der Waals surface area contributed by atoms with E-state index in [0.717, 1.165) is 51.9 Å². The highest BCUT2D eigenvalue weighted by Gasteiger charge is 2.25. The monoisotopic (exact) mass is 395 g/mol. The van der Waals surface area contributed by atoms with Gasteiger partial charge in [-0.05, 0) is 56.8 Å². The maximum Gasteiger partial charge on any atom is 0.241 e.